The third-order valence-electron chi connectivity index (χ3n) is 2.16. The lowest BCUT2D eigenvalue weighted by molar-refractivity contribution is -0.136. The van der Waals surface area contributed by atoms with Gasteiger partial charge in [-0.1, -0.05) is 18.2 Å². The Hall–Kier alpha value is -1.88. The average molecular weight is 236 g/mol. The summed E-state index contributed by atoms with van der Waals surface area (Å²) < 4.78 is 0. The van der Waals surface area contributed by atoms with Crippen molar-refractivity contribution in [3.8, 4) is 0 Å². The SMILES string of the molecule is Cc1ccccc1NC(=O)C(=O)NCC(C)O. The lowest BCUT2D eigenvalue weighted by Crippen LogP contribution is -2.38. The summed E-state index contributed by atoms with van der Waals surface area (Å²) in [5.74, 6) is -1.49. The maximum absolute atomic E-state index is 11.5. The number of hydrogen-bond donors (Lipinski definition) is 3. The fraction of sp³-hybridized carbons (Fsp3) is 0.333. The molecule has 0 heterocycles. The van der Waals surface area contributed by atoms with Gasteiger partial charge in [0.25, 0.3) is 0 Å². The van der Waals surface area contributed by atoms with Crippen LogP contribution in [0.1, 0.15) is 12.5 Å². The van der Waals surface area contributed by atoms with E-state index < -0.39 is 17.9 Å². The van der Waals surface area contributed by atoms with Crippen molar-refractivity contribution in [3.05, 3.63) is 29.8 Å². The molecule has 0 fully saturated rings. The summed E-state index contributed by atoms with van der Waals surface area (Å²) in [5, 5.41) is 13.8. The van der Waals surface area contributed by atoms with Crippen LogP contribution in [0.4, 0.5) is 5.69 Å². The molecule has 1 atom stereocenters. The maximum atomic E-state index is 11.5. The van der Waals surface area contributed by atoms with Gasteiger partial charge in [-0.05, 0) is 25.5 Å². The van der Waals surface area contributed by atoms with Gasteiger partial charge in [-0.3, -0.25) is 9.59 Å². The first-order chi connectivity index (χ1) is 8.00. The number of aliphatic hydroxyl groups is 1. The van der Waals surface area contributed by atoms with Gasteiger partial charge in [-0.15, -0.1) is 0 Å². The van der Waals surface area contributed by atoms with E-state index in [-0.39, 0.29) is 6.54 Å². The quantitative estimate of drug-likeness (QED) is 0.666. The van der Waals surface area contributed by atoms with Crippen LogP contribution in [-0.4, -0.2) is 29.6 Å². The number of carbonyl (C=O) groups is 2. The molecule has 0 saturated heterocycles. The molecule has 2 amide bonds. The van der Waals surface area contributed by atoms with Gasteiger partial charge < -0.3 is 15.7 Å². The molecule has 1 unspecified atom stereocenters. The summed E-state index contributed by atoms with van der Waals surface area (Å²) in [7, 11) is 0. The zero-order chi connectivity index (χ0) is 12.8. The third kappa shape index (κ3) is 4.24. The highest BCUT2D eigenvalue weighted by molar-refractivity contribution is 6.39. The van der Waals surface area contributed by atoms with E-state index in [1.54, 1.807) is 12.1 Å². The Labute approximate surface area is 99.8 Å². The van der Waals surface area contributed by atoms with Crippen LogP contribution in [0.25, 0.3) is 0 Å². The van der Waals surface area contributed by atoms with Crippen molar-refractivity contribution in [2.75, 3.05) is 11.9 Å². The second-order valence-electron chi connectivity index (χ2n) is 3.83. The second-order valence-corrected chi connectivity index (χ2v) is 3.83. The highest BCUT2D eigenvalue weighted by Crippen LogP contribution is 2.12. The minimum Gasteiger partial charge on any atom is -0.392 e. The van der Waals surface area contributed by atoms with E-state index in [0.717, 1.165) is 5.56 Å². The number of rotatable bonds is 3. The van der Waals surface area contributed by atoms with E-state index in [1.807, 2.05) is 19.1 Å². The van der Waals surface area contributed by atoms with Crippen LogP contribution < -0.4 is 10.6 Å². The van der Waals surface area contributed by atoms with Crippen molar-refractivity contribution in [1.29, 1.82) is 0 Å². The summed E-state index contributed by atoms with van der Waals surface area (Å²) in [5.41, 5.74) is 1.48. The van der Waals surface area contributed by atoms with Crippen LogP contribution in [-0.2, 0) is 9.59 Å². The lowest BCUT2D eigenvalue weighted by atomic mass is 10.2. The number of nitrogens with one attached hydrogen (secondary N) is 2. The van der Waals surface area contributed by atoms with Crippen LogP contribution in [0.2, 0.25) is 0 Å². The molecular weight excluding hydrogens is 220 g/mol. The molecule has 1 aromatic carbocycles. The average Bonchev–Trinajstić information content (AvgIpc) is 2.28. The highest BCUT2D eigenvalue weighted by Gasteiger charge is 2.14. The zero-order valence-electron chi connectivity index (χ0n) is 9.86. The van der Waals surface area contributed by atoms with Crippen molar-refractivity contribution < 1.29 is 14.7 Å². The molecule has 1 rings (SSSR count). The number of para-hydroxylation sites is 1. The second kappa shape index (κ2) is 6.00. The fourth-order valence-electron chi connectivity index (χ4n) is 1.21. The molecule has 0 aliphatic rings. The van der Waals surface area contributed by atoms with Crippen molar-refractivity contribution in [2.24, 2.45) is 0 Å². The van der Waals surface area contributed by atoms with Crippen LogP contribution in [0.3, 0.4) is 0 Å². The van der Waals surface area contributed by atoms with Gasteiger partial charge in [0.1, 0.15) is 0 Å². The molecule has 5 heteroatoms. The molecular formula is C12H16N2O3. The number of aryl methyl sites for hydroxylation is 1. The fourth-order valence-corrected chi connectivity index (χ4v) is 1.21. The molecule has 0 aliphatic carbocycles. The molecule has 92 valence electrons. The Morgan fingerprint density at radius 1 is 1.29 bits per heavy atom. The Morgan fingerprint density at radius 2 is 1.94 bits per heavy atom. The summed E-state index contributed by atoms with van der Waals surface area (Å²) in [6, 6.07) is 7.17. The number of carbonyl (C=O) groups excluding carboxylic acids is 2. The summed E-state index contributed by atoms with van der Waals surface area (Å²) in [6.45, 7) is 3.42. The van der Waals surface area contributed by atoms with Crippen LogP contribution >= 0.6 is 0 Å². The van der Waals surface area contributed by atoms with Gasteiger partial charge in [-0.2, -0.15) is 0 Å². The lowest BCUT2D eigenvalue weighted by Gasteiger charge is -2.09. The van der Waals surface area contributed by atoms with E-state index >= 15 is 0 Å². The van der Waals surface area contributed by atoms with Gasteiger partial charge in [0.2, 0.25) is 0 Å². The summed E-state index contributed by atoms with van der Waals surface area (Å²) in [6.07, 6.45) is -0.676. The normalized spacial score (nSPS) is 11.7. The Kier molecular flexibility index (Phi) is 4.66. The summed E-state index contributed by atoms with van der Waals surface area (Å²) >= 11 is 0. The molecule has 0 aliphatic heterocycles. The molecule has 0 saturated carbocycles. The molecule has 3 N–H and O–H groups in total. The van der Waals surface area contributed by atoms with Crippen molar-refractivity contribution in [1.82, 2.24) is 5.32 Å². The standard InChI is InChI=1S/C12H16N2O3/c1-8-5-3-4-6-10(8)14-12(17)11(16)13-7-9(2)15/h3-6,9,15H,7H2,1-2H3,(H,13,16)(H,14,17). The minimum atomic E-state index is -0.755. The Bertz CT molecular complexity index is 416. The number of benzene rings is 1. The topological polar surface area (TPSA) is 78.4 Å². The summed E-state index contributed by atoms with van der Waals surface area (Å²) in [4.78, 5) is 22.8. The van der Waals surface area contributed by atoms with Crippen molar-refractivity contribution >= 4 is 17.5 Å². The van der Waals surface area contributed by atoms with E-state index in [9.17, 15) is 9.59 Å². The van der Waals surface area contributed by atoms with Gasteiger partial charge in [-0.25, -0.2) is 0 Å². The van der Waals surface area contributed by atoms with E-state index in [4.69, 9.17) is 5.11 Å². The molecule has 0 bridgehead atoms. The van der Waals surface area contributed by atoms with Gasteiger partial charge in [0.05, 0.1) is 6.10 Å². The van der Waals surface area contributed by atoms with Crippen LogP contribution in [0.5, 0.6) is 0 Å². The Morgan fingerprint density at radius 3 is 2.53 bits per heavy atom. The Balaban J connectivity index is 2.55. The molecule has 0 aromatic heterocycles. The van der Waals surface area contributed by atoms with E-state index in [0.29, 0.717) is 5.69 Å². The van der Waals surface area contributed by atoms with Gasteiger partial charge >= 0.3 is 11.8 Å². The molecule has 0 radical (unpaired) electrons. The van der Waals surface area contributed by atoms with Crippen LogP contribution in [0.15, 0.2) is 24.3 Å². The number of aliphatic hydroxyl groups excluding tert-OH is 1. The first-order valence-corrected chi connectivity index (χ1v) is 5.33. The van der Waals surface area contributed by atoms with Gasteiger partial charge in [0, 0.05) is 12.2 Å². The van der Waals surface area contributed by atoms with Crippen molar-refractivity contribution in [3.63, 3.8) is 0 Å². The van der Waals surface area contributed by atoms with Crippen LogP contribution in [0, 0.1) is 6.92 Å². The smallest absolute Gasteiger partial charge is 0.313 e. The first kappa shape index (κ1) is 13.2. The van der Waals surface area contributed by atoms with Gasteiger partial charge in [0.15, 0.2) is 0 Å². The van der Waals surface area contributed by atoms with E-state index in [2.05, 4.69) is 10.6 Å². The zero-order valence-corrected chi connectivity index (χ0v) is 9.86. The van der Waals surface area contributed by atoms with Crippen molar-refractivity contribution in [2.45, 2.75) is 20.0 Å². The monoisotopic (exact) mass is 236 g/mol. The number of hydrogen-bond acceptors (Lipinski definition) is 3. The largest absolute Gasteiger partial charge is 0.392 e. The number of amides is 2. The first-order valence-electron chi connectivity index (χ1n) is 5.33. The van der Waals surface area contributed by atoms with E-state index in [1.165, 1.54) is 6.92 Å². The third-order valence-corrected chi connectivity index (χ3v) is 2.16. The molecule has 0 spiro atoms. The molecule has 1 aromatic rings. The predicted octanol–water partition coefficient (Wildman–Crippen LogP) is 0.431. The molecule has 17 heavy (non-hydrogen) atoms. The predicted molar refractivity (Wildman–Crippen MR) is 64.5 cm³/mol. The minimum absolute atomic E-state index is 0.0556. The number of anilines is 1. The highest BCUT2D eigenvalue weighted by atomic mass is 16.3. The maximum Gasteiger partial charge on any atom is 0.313 e. The molecule has 5 nitrogen and oxygen atoms in total.